The van der Waals surface area contributed by atoms with E-state index in [-0.39, 0.29) is 17.0 Å². The summed E-state index contributed by atoms with van der Waals surface area (Å²) in [4.78, 5) is 38.5. The smallest absolute Gasteiger partial charge is 0.330 e. The number of β-lactam (4-membered cyclic amide) rings is 1. The minimum atomic E-state index is -0.965. The number of hydrogen-bond acceptors (Lipinski definition) is 7. The molecule has 2 aliphatic rings. The van der Waals surface area contributed by atoms with E-state index in [1.54, 1.807) is 12.1 Å². The molecule has 0 aliphatic carbocycles. The fourth-order valence-corrected chi connectivity index (χ4v) is 4.93. The zero-order chi connectivity index (χ0) is 19.2. The van der Waals surface area contributed by atoms with Gasteiger partial charge >= 0.3 is 5.97 Å². The number of fused-ring (bicyclic) bond motifs is 1. The van der Waals surface area contributed by atoms with Crippen molar-refractivity contribution < 1.29 is 24.2 Å². The number of nitrogens with one attached hydrogen (secondary N) is 1. The van der Waals surface area contributed by atoms with Crippen LogP contribution >= 0.6 is 11.8 Å². The lowest BCUT2D eigenvalue weighted by Gasteiger charge is -2.44. The molecule has 2 heterocycles. The Morgan fingerprint density at radius 2 is 1.96 bits per heavy atom. The average Bonchev–Trinajstić information content (AvgIpc) is 2.86. The normalized spacial score (nSPS) is 27.3. The van der Waals surface area contributed by atoms with Crippen molar-refractivity contribution in [1.29, 1.82) is 0 Å². The molecule has 2 aliphatic heterocycles. The van der Waals surface area contributed by atoms with Crippen LogP contribution in [-0.4, -0.2) is 57.1 Å². The second kappa shape index (κ2) is 6.48. The number of benzene rings is 1. The van der Waals surface area contributed by atoms with Gasteiger partial charge in [0.15, 0.2) is 0 Å². The number of nitrogens with zero attached hydrogens (tertiary/aromatic N) is 1. The van der Waals surface area contributed by atoms with Crippen molar-refractivity contribution in [3.63, 3.8) is 0 Å². The van der Waals surface area contributed by atoms with Crippen LogP contribution in [0.3, 0.4) is 0 Å². The fourth-order valence-electron chi connectivity index (χ4n) is 3.31. The van der Waals surface area contributed by atoms with Crippen LogP contribution in [0.4, 0.5) is 0 Å². The van der Waals surface area contributed by atoms with Gasteiger partial charge in [-0.25, -0.2) is 4.79 Å². The van der Waals surface area contributed by atoms with Gasteiger partial charge in [-0.1, -0.05) is 12.1 Å². The van der Waals surface area contributed by atoms with Crippen LogP contribution in [0.5, 0.6) is 5.75 Å². The fraction of sp³-hybridized carbons (Fsp3) is 0.471. The lowest BCUT2D eigenvalue weighted by molar-refractivity contribution is -0.162. The van der Waals surface area contributed by atoms with E-state index >= 15 is 0 Å². The molecule has 0 radical (unpaired) electrons. The molecule has 1 aromatic rings. The number of phenols is 1. The molecule has 4 atom stereocenters. The molecule has 2 saturated heterocycles. The maximum Gasteiger partial charge on any atom is 0.330 e. The molecule has 2 fully saturated rings. The highest BCUT2D eigenvalue weighted by atomic mass is 32.2. The first kappa shape index (κ1) is 18.5. The molecule has 0 spiro atoms. The van der Waals surface area contributed by atoms with Crippen LogP contribution in [0.2, 0.25) is 0 Å². The predicted molar refractivity (Wildman–Crippen MR) is 95.1 cm³/mol. The van der Waals surface area contributed by atoms with E-state index in [1.807, 2.05) is 13.8 Å². The molecule has 0 aromatic heterocycles. The molecule has 8 nitrogen and oxygen atoms in total. The van der Waals surface area contributed by atoms with Gasteiger partial charge in [-0.2, -0.15) is 0 Å². The van der Waals surface area contributed by atoms with E-state index < -0.39 is 34.7 Å². The first-order chi connectivity index (χ1) is 12.2. The summed E-state index contributed by atoms with van der Waals surface area (Å²) >= 11 is 1.45. The summed E-state index contributed by atoms with van der Waals surface area (Å²) < 4.78 is 4.30. The highest BCUT2D eigenvalue weighted by Gasteiger charge is 2.64. The quantitative estimate of drug-likeness (QED) is 0.501. The van der Waals surface area contributed by atoms with Gasteiger partial charge in [-0.3, -0.25) is 9.59 Å². The number of thioether (sulfide) groups is 1. The second-order valence-electron chi connectivity index (χ2n) is 6.84. The average molecular weight is 379 g/mol. The third kappa shape index (κ3) is 2.90. The van der Waals surface area contributed by atoms with E-state index in [4.69, 9.17) is 10.5 Å². The number of carbonyl (C=O) groups excluding carboxylic acids is 3. The largest absolute Gasteiger partial charge is 0.508 e. The minimum Gasteiger partial charge on any atom is -0.508 e. The first-order valence-corrected chi connectivity index (χ1v) is 8.98. The van der Waals surface area contributed by atoms with Crippen LogP contribution in [0.25, 0.3) is 0 Å². The zero-order valence-electron chi connectivity index (χ0n) is 14.6. The summed E-state index contributed by atoms with van der Waals surface area (Å²) in [6, 6.07) is 3.60. The topological polar surface area (TPSA) is 122 Å². The van der Waals surface area contributed by atoms with Crippen LogP contribution in [0.15, 0.2) is 24.3 Å². The number of aromatic hydroxyl groups is 1. The van der Waals surface area contributed by atoms with Crippen molar-refractivity contribution in [1.82, 2.24) is 10.2 Å². The lowest BCUT2D eigenvalue weighted by atomic mass is 9.95. The van der Waals surface area contributed by atoms with Crippen molar-refractivity contribution in [3.8, 4) is 5.75 Å². The highest BCUT2D eigenvalue weighted by molar-refractivity contribution is 8.01. The third-order valence-corrected chi connectivity index (χ3v) is 6.27. The minimum absolute atomic E-state index is 0.0737. The Bertz CT molecular complexity index is 751. The Hall–Kier alpha value is -2.26. The molecule has 0 bridgehead atoms. The molecule has 140 valence electrons. The number of amides is 2. The standard InChI is InChI=1S/C17H21N3O5S/c1-17(2)12(16(24)25-3)20-14(23)11(15(20)26-17)19-13(22)10(18)8-4-6-9(21)7-5-8/h4-7,10-12,15,21H,18H2,1-3H3,(H,19,22)/t10-,11?,12?,15?/m1/s1. The number of carbonyl (C=O) groups is 3. The number of phenolic OH excluding ortho intramolecular Hbond substituents is 1. The maximum atomic E-state index is 12.5. The summed E-state index contributed by atoms with van der Waals surface area (Å²) in [6.45, 7) is 3.73. The number of esters is 1. The van der Waals surface area contributed by atoms with E-state index in [9.17, 15) is 19.5 Å². The van der Waals surface area contributed by atoms with Gasteiger partial charge in [0.1, 0.15) is 29.2 Å². The molecule has 4 N–H and O–H groups in total. The van der Waals surface area contributed by atoms with Gasteiger partial charge in [0.25, 0.3) is 0 Å². The van der Waals surface area contributed by atoms with Crippen molar-refractivity contribution in [2.24, 2.45) is 5.73 Å². The number of methoxy groups -OCH3 is 1. The number of hydrogen-bond donors (Lipinski definition) is 3. The molecule has 3 rings (SSSR count). The van der Waals surface area contributed by atoms with Crippen molar-refractivity contribution in [2.45, 2.75) is 42.1 Å². The van der Waals surface area contributed by atoms with Crippen LogP contribution in [0.1, 0.15) is 25.5 Å². The second-order valence-corrected chi connectivity index (χ2v) is 8.61. The van der Waals surface area contributed by atoms with Gasteiger partial charge in [-0.15, -0.1) is 11.8 Å². The van der Waals surface area contributed by atoms with Crippen molar-refractivity contribution in [3.05, 3.63) is 29.8 Å². The molecule has 9 heteroatoms. The number of nitrogens with two attached hydrogens (primary N) is 1. The number of ether oxygens (including phenoxy) is 1. The molecular weight excluding hydrogens is 358 g/mol. The lowest BCUT2D eigenvalue weighted by Crippen LogP contribution is -2.71. The molecule has 0 saturated carbocycles. The van der Waals surface area contributed by atoms with Gasteiger partial charge < -0.3 is 25.8 Å². The van der Waals surface area contributed by atoms with Crippen LogP contribution < -0.4 is 11.1 Å². The zero-order valence-corrected chi connectivity index (χ0v) is 15.4. The van der Waals surface area contributed by atoms with Gasteiger partial charge in [0.2, 0.25) is 11.8 Å². The van der Waals surface area contributed by atoms with Crippen LogP contribution in [-0.2, 0) is 19.1 Å². The Labute approximate surface area is 155 Å². The number of rotatable bonds is 4. The van der Waals surface area contributed by atoms with Crippen LogP contribution in [0, 0.1) is 0 Å². The summed E-state index contributed by atoms with van der Waals surface area (Å²) in [5, 5.41) is 11.7. The molecule has 3 unspecified atom stereocenters. The molecule has 1 aromatic carbocycles. The van der Waals surface area contributed by atoms with E-state index in [2.05, 4.69) is 5.32 Å². The predicted octanol–water partition coefficient (Wildman–Crippen LogP) is 0.112. The Balaban J connectivity index is 1.71. The Morgan fingerprint density at radius 3 is 2.54 bits per heavy atom. The van der Waals surface area contributed by atoms with E-state index in [0.717, 1.165) is 0 Å². The van der Waals surface area contributed by atoms with Crippen molar-refractivity contribution in [2.75, 3.05) is 7.11 Å². The maximum absolute atomic E-state index is 12.5. The summed E-state index contributed by atoms with van der Waals surface area (Å²) in [6.07, 6.45) is 0. The van der Waals surface area contributed by atoms with Gasteiger partial charge in [0, 0.05) is 4.75 Å². The first-order valence-electron chi connectivity index (χ1n) is 8.10. The van der Waals surface area contributed by atoms with Gasteiger partial charge in [0.05, 0.1) is 7.11 Å². The van der Waals surface area contributed by atoms with E-state index in [1.165, 1.54) is 35.9 Å². The molecule has 2 amide bonds. The van der Waals surface area contributed by atoms with E-state index in [0.29, 0.717) is 5.56 Å². The van der Waals surface area contributed by atoms with Crippen molar-refractivity contribution >= 4 is 29.5 Å². The summed E-state index contributed by atoms with van der Waals surface area (Å²) in [5.74, 6) is -1.21. The highest BCUT2D eigenvalue weighted by Crippen LogP contribution is 2.51. The molecule has 26 heavy (non-hydrogen) atoms. The monoisotopic (exact) mass is 379 g/mol. The van der Waals surface area contributed by atoms with Gasteiger partial charge in [-0.05, 0) is 31.5 Å². The Morgan fingerprint density at radius 1 is 1.35 bits per heavy atom. The summed E-state index contributed by atoms with van der Waals surface area (Å²) in [7, 11) is 1.29. The SMILES string of the molecule is COC(=O)C1N2C(=O)C(NC(=O)[C@H](N)c3ccc(O)cc3)C2SC1(C)C. The summed E-state index contributed by atoms with van der Waals surface area (Å²) in [5.41, 5.74) is 6.47. The third-order valence-electron chi connectivity index (χ3n) is 4.70. The molecular formula is C17H21N3O5S. The Kier molecular flexibility index (Phi) is 4.61.